The predicted molar refractivity (Wildman–Crippen MR) is 91.9 cm³/mol. The van der Waals surface area contributed by atoms with Crippen LogP contribution in [0.15, 0.2) is 47.3 Å². The van der Waals surface area contributed by atoms with Crippen molar-refractivity contribution in [1.82, 2.24) is 4.98 Å². The summed E-state index contributed by atoms with van der Waals surface area (Å²) in [6.07, 6.45) is 0.920. The van der Waals surface area contributed by atoms with Gasteiger partial charge in [-0.3, -0.25) is 4.79 Å². The van der Waals surface area contributed by atoms with Crippen molar-refractivity contribution in [3.63, 3.8) is 0 Å². The largest absolute Gasteiger partial charge is 0.493 e. The number of H-pyrrole nitrogens is 1. The van der Waals surface area contributed by atoms with Crippen LogP contribution in [0.1, 0.15) is 13.3 Å². The van der Waals surface area contributed by atoms with Crippen molar-refractivity contribution in [3.8, 4) is 28.4 Å². The van der Waals surface area contributed by atoms with Crippen molar-refractivity contribution in [2.24, 2.45) is 0 Å². The van der Waals surface area contributed by atoms with Crippen LogP contribution in [0.3, 0.4) is 0 Å². The number of fused-ring (bicyclic) bond motifs is 2. The molecule has 0 radical (unpaired) electrons. The maximum atomic E-state index is 12.1. The molecule has 0 saturated carbocycles. The Hall–Kier alpha value is -2.95. The normalized spacial score (nSPS) is 12.5. The minimum atomic E-state index is -0.165. The van der Waals surface area contributed by atoms with Crippen LogP contribution in [-0.4, -0.2) is 18.4 Å². The molecule has 0 fully saturated rings. The molecular weight excluding hydrogens is 306 g/mol. The van der Waals surface area contributed by atoms with Crippen LogP contribution >= 0.6 is 0 Å². The smallest absolute Gasteiger partial charge is 0.249 e. The molecule has 0 aliphatic carbocycles. The Morgan fingerprint density at radius 1 is 1.08 bits per heavy atom. The molecule has 4 rings (SSSR count). The van der Waals surface area contributed by atoms with Crippen LogP contribution < -0.4 is 19.8 Å². The summed E-state index contributed by atoms with van der Waals surface area (Å²) in [4.78, 5) is 15.0. The zero-order chi connectivity index (χ0) is 16.5. The minimum Gasteiger partial charge on any atom is -0.493 e. The highest BCUT2D eigenvalue weighted by atomic mass is 16.7. The third kappa shape index (κ3) is 2.48. The van der Waals surface area contributed by atoms with E-state index in [0.717, 1.165) is 28.7 Å². The molecule has 2 aromatic carbocycles. The third-order valence-electron chi connectivity index (χ3n) is 3.98. The Balaban J connectivity index is 1.95. The lowest BCUT2D eigenvalue weighted by Crippen LogP contribution is -2.05. The molecule has 5 heteroatoms. The van der Waals surface area contributed by atoms with Crippen LogP contribution in [0.5, 0.6) is 17.2 Å². The van der Waals surface area contributed by atoms with E-state index in [2.05, 4.69) is 11.9 Å². The molecule has 24 heavy (non-hydrogen) atoms. The van der Waals surface area contributed by atoms with Gasteiger partial charge in [-0.05, 0) is 18.6 Å². The van der Waals surface area contributed by atoms with Crippen molar-refractivity contribution in [2.75, 3.05) is 13.4 Å². The first-order valence-corrected chi connectivity index (χ1v) is 7.95. The van der Waals surface area contributed by atoms with E-state index < -0.39 is 0 Å². The predicted octanol–water partition coefficient (Wildman–Crippen LogP) is 3.71. The van der Waals surface area contributed by atoms with Crippen LogP contribution in [0, 0.1) is 0 Å². The highest BCUT2D eigenvalue weighted by Gasteiger charge is 2.18. The van der Waals surface area contributed by atoms with Crippen LogP contribution in [0.4, 0.5) is 0 Å². The summed E-state index contributed by atoms with van der Waals surface area (Å²) >= 11 is 0. The maximum Gasteiger partial charge on any atom is 0.249 e. The number of benzene rings is 2. The number of para-hydroxylation sites is 1. The number of rotatable bonds is 4. The quantitative estimate of drug-likeness (QED) is 0.795. The van der Waals surface area contributed by atoms with Gasteiger partial charge in [-0.2, -0.15) is 0 Å². The van der Waals surface area contributed by atoms with Crippen molar-refractivity contribution >= 4 is 10.9 Å². The lowest BCUT2D eigenvalue weighted by atomic mass is 10.00. The third-order valence-corrected chi connectivity index (χ3v) is 3.98. The Kier molecular flexibility index (Phi) is 3.61. The van der Waals surface area contributed by atoms with E-state index in [-0.39, 0.29) is 12.4 Å². The molecule has 3 aromatic rings. The molecule has 0 amide bonds. The zero-order valence-electron chi connectivity index (χ0n) is 13.3. The Morgan fingerprint density at radius 2 is 1.88 bits per heavy atom. The first-order chi connectivity index (χ1) is 11.8. The van der Waals surface area contributed by atoms with Gasteiger partial charge < -0.3 is 19.2 Å². The average molecular weight is 323 g/mol. The summed E-state index contributed by atoms with van der Waals surface area (Å²) in [5.74, 6) is 2.09. The van der Waals surface area contributed by atoms with E-state index in [1.807, 2.05) is 30.3 Å². The molecule has 0 bridgehead atoms. The molecule has 122 valence electrons. The van der Waals surface area contributed by atoms with E-state index in [4.69, 9.17) is 14.2 Å². The van der Waals surface area contributed by atoms with E-state index in [1.54, 1.807) is 12.1 Å². The lowest BCUT2D eigenvalue weighted by molar-refractivity contribution is 0.174. The Labute approximate surface area is 138 Å². The van der Waals surface area contributed by atoms with Gasteiger partial charge in [0.25, 0.3) is 0 Å². The average Bonchev–Trinajstić information content (AvgIpc) is 3.05. The molecule has 0 spiro atoms. The van der Waals surface area contributed by atoms with Gasteiger partial charge in [-0.15, -0.1) is 0 Å². The number of hydrogen-bond acceptors (Lipinski definition) is 4. The van der Waals surface area contributed by atoms with Gasteiger partial charge in [-0.25, -0.2) is 0 Å². The fourth-order valence-corrected chi connectivity index (χ4v) is 2.90. The minimum absolute atomic E-state index is 0.165. The number of aromatic amines is 1. The van der Waals surface area contributed by atoms with Crippen molar-refractivity contribution in [2.45, 2.75) is 13.3 Å². The molecule has 1 aliphatic rings. The second-order valence-electron chi connectivity index (χ2n) is 5.64. The molecule has 1 aliphatic heterocycles. The lowest BCUT2D eigenvalue weighted by Gasteiger charge is -2.13. The molecule has 2 heterocycles. The van der Waals surface area contributed by atoms with E-state index >= 15 is 0 Å². The first-order valence-electron chi connectivity index (χ1n) is 7.95. The summed E-state index contributed by atoms with van der Waals surface area (Å²) in [6.45, 7) is 2.89. The van der Waals surface area contributed by atoms with Gasteiger partial charge in [-0.1, -0.05) is 25.1 Å². The summed E-state index contributed by atoms with van der Waals surface area (Å²) in [5, 5.41) is 0.895. The van der Waals surface area contributed by atoms with Crippen molar-refractivity contribution in [1.29, 1.82) is 0 Å². The molecule has 0 saturated heterocycles. The topological polar surface area (TPSA) is 60.6 Å². The second-order valence-corrected chi connectivity index (χ2v) is 5.64. The molecule has 1 N–H and O–H groups in total. The van der Waals surface area contributed by atoms with Gasteiger partial charge in [0.05, 0.1) is 12.1 Å². The number of hydrogen-bond donors (Lipinski definition) is 1. The summed E-state index contributed by atoms with van der Waals surface area (Å²) in [5.41, 5.74) is 2.26. The summed E-state index contributed by atoms with van der Waals surface area (Å²) in [7, 11) is 0. The molecule has 1 aromatic heterocycles. The first kappa shape index (κ1) is 14.6. The monoisotopic (exact) mass is 323 g/mol. The van der Waals surface area contributed by atoms with Crippen LogP contribution in [-0.2, 0) is 0 Å². The van der Waals surface area contributed by atoms with Gasteiger partial charge >= 0.3 is 0 Å². The van der Waals surface area contributed by atoms with Crippen molar-refractivity contribution < 1.29 is 14.2 Å². The molecule has 0 unspecified atom stereocenters. The standard InChI is InChI=1S/C19H17NO4/c1-2-7-22-16-6-4-3-5-12(16)13-9-19(21)20-15-10-18-17(8-14(13)15)23-11-24-18/h3-6,8-10H,2,7,11H2,1H3,(H,20,21). The van der Waals surface area contributed by atoms with Crippen LogP contribution in [0.25, 0.3) is 22.0 Å². The molecular formula is C19H17NO4. The SMILES string of the molecule is CCCOc1ccccc1-c1cc(=O)[nH]c2cc3c(cc12)OCO3. The fourth-order valence-electron chi connectivity index (χ4n) is 2.90. The second kappa shape index (κ2) is 5.92. The number of nitrogens with one attached hydrogen (secondary N) is 1. The number of aromatic nitrogens is 1. The molecule has 5 nitrogen and oxygen atoms in total. The maximum absolute atomic E-state index is 12.1. The van der Waals surface area contributed by atoms with Gasteiger partial charge in [0.15, 0.2) is 11.5 Å². The van der Waals surface area contributed by atoms with Gasteiger partial charge in [0.2, 0.25) is 12.4 Å². The van der Waals surface area contributed by atoms with E-state index in [1.165, 1.54) is 0 Å². The van der Waals surface area contributed by atoms with Crippen LogP contribution in [0.2, 0.25) is 0 Å². The number of pyridine rings is 1. The fraction of sp³-hybridized carbons (Fsp3) is 0.211. The number of ether oxygens (including phenoxy) is 3. The van der Waals surface area contributed by atoms with Gasteiger partial charge in [0, 0.05) is 28.6 Å². The molecule has 0 atom stereocenters. The highest BCUT2D eigenvalue weighted by Crippen LogP contribution is 2.40. The summed E-state index contributed by atoms with van der Waals surface area (Å²) in [6, 6.07) is 13.1. The van der Waals surface area contributed by atoms with Gasteiger partial charge in [0.1, 0.15) is 5.75 Å². The van der Waals surface area contributed by atoms with E-state index in [9.17, 15) is 4.79 Å². The highest BCUT2D eigenvalue weighted by molar-refractivity contribution is 5.97. The zero-order valence-corrected chi connectivity index (χ0v) is 13.3. The Bertz CT molecular complexity index is 961. The van der Waals surface area contributed by atoms with Crippen molar-refractivity contribution in [3.05, 3.63) is 52.8 Å². The summed E-state index contributed by atoms with van der Waals surface area (Å²) < 4.78 is 16.7. The Morgan fingerprint density at radius 3 is 2.71 bits per heavy atom. The van der Waals surface area contributed by atoms with E-state index in [0.29, 0.717) is 23.6 Å².